The van der Waals surface area contributed by atoms with Crippen LogP contribution in [-0.4, -0.2) is 22.8 Å². The molecule has 2 aromatic carbocycles. The van der Waals surface area contributed by atoms with Crippen molar-refractivity contribution in [1.29, 1.82) is 0 Å². The fourth-order valence-electron chi connectivity index (χ4n) is 2.51. The molecule has 146 valence electrons. The van der Waals surface area contributed by atoms with Crippen molar-refractivity contribution in [2.75, 3.05) is 7.05 Å². The maximum absolute atomic E-state index is 12.7. The Morgan fingerprint density at radius 2 is 1.89 bits per heavy atom. The second kappa shape index (κ2) is 8.43. The highest BCUT2D eigenvalue weighted by Crippen LogP contribution is 2.31. The van der Waals surface area contributed by atoms with Gasteiger partial charge in [-0.15, -0.1) is 11.3 Å². The van der Waals surface area contributed by atoms with Gasteiger partial charge in [-0.2, -0.15) is 13.2 Å². The molecule has 1 amide bonds. The smallest absolute Gasteiger partial charge is 0.416 e. The van der Waals surface area contributed by atoms with Gasteiger partial charge in [0.25, 0.3) is 5.91 Å². The summed E-state index contributed by atoms with van der Waals surface area (Å²) in [5, 5.41) is 2.13. The maximum atomic E-state index is 12.7. The zero-order chi connectivity index (χ0) is 20.1. The van der Waals surface area contributed by atoms with Gasteiger partial charge in [-0.3, -0.25) is 4.79 Å². The lowest BCUT2D eigenvalue weighted by atomic mass is 10.2. The van der Waals surface area contributed by atoms with Crippen molar-refractivity contribution >= 4 is 17.2 Å². The lowest BCUT2D eigenvalue weighted by molar-refractivity contribution is -0.137. The highest BCUT2D eigenvalue weighted by Gasteiger charge is 2.30. The number of nitrogens with zero attached hydrogens (tertiary/aromatic N) is 2. The molecule has 0 N–H and O–H groups in total. The van der Waals surface area contributed by atoms with Crippen molar-refractivity contribution in [1.82, 2.24) is 9.88 Å². The van der Waals surface area contributed by atoms with Gasteiger partial charge in [-0.25, -0.2) is 4.98 Å². The van der Waals surface area contributed by atoms with E-state index in [1.165, 1.54) is 23.5 Å². The van der Waals surface area contributed by atoms with Crippen LogP contribution in [0.4, 0.5) is 13.2 Å². The second-order valence-electron chi connectivity index (χ2n) is 6.09. The first kappa shape index (κ1) is 19.9. The van der Waals surface area contributed by atoms with Gasteiger partial charge < -0.3 is 9.64 Å². The number of carbonyl (C=O) groups excluding carboxylic acids is 1. The van der Waals surface area contributed by atoms with Gasteiger partial charge in [0.1, 0.15) is 23.1 Å². The molecule has 8 heteroatoms. The number of aromatic nitrogens is 1. The molecule has 0 spiro atoms. The molecule has 0 fully saturated rings. The number of benzene rings is 2. The van der Waals surface area contributed by atoms with E-state index in [4.69, 9.17) is 4.74 Å². The Hall–Kier alpha value is -2.87. The summed E-state index contributed by atoms with van der Waals surface area (Å²) in [6, 6.07) is 14.2. The van der Waals surface area contributed by atoms with E-state index in [9.17, 15) is 18.0 Å². The summed E-state index contributed by atoms with van der Waals surface area (Å²) in [6.07, 6.45) is -4.43. The largest absolute Gasteiger partial charge is 0.486 e. The number of alkyl halides is 3. The van der Waals surface area contributed by atoms with Gasteiger partial charge in [0, 0.05) is 19.0 Å². The van der Waals surface area contributed by atoms with Gasteiger partial charge >= 0.3 is 6.18 Å². The van der Waals surface area contributed by atoms with E-state index in [1.807, 2.05) is 30.3 Å². The van der Waals surface area contributed by atoms with Crippen LogP contribution in [0, 0.1) is 0 Å². The summed E-state index contributed by atoms with van der Waals surface area (Å²) in [5.41, 5.74) is 0.510. The summed E-state index contributed by atoms with van der Waals surface area (Å²) in [6.45, 7) is 0.439. The minimum atomic E-state index is -4.43. The molecule has 0 unspecified atom stereocenters. The first-order valence-electron chi connectivity index (χ1n) is 8.37. The average molecular weight is 406 g/mol. The molecule has 28 heavy (non-hydrogen) atoms. The molecule has 0 saturated carbocycles. The van der Waals surface area contributed by atoms with Crippen molar-refractivity contribution in [2.24, 2.45) is 0 Å². The van der Waals surface area contributed by atoms with Crippen molar-refractivity contribution in [3.8, 4) is 5.75 Å². The number of rotatable bonds is 6. The molecular formula is C20H17F3N2O2S. The topological polar surface area (TPSA) is 42.4 Å². The Balaban J connectivity index is 1.60. The van der Waals surface area contributed by atoms with Crippen molar-refractivity contribution in [3.05, 3.63) is 81.8 Å². The number of amides is 1. The number of carbonyl (C=O) groups is 1. The minimum absolute atomic E-state index is 0.0122. The maximum Gasteiger partial charge on any atom is 0.416 e. The Labute approximate surface area is 164 Å². The van der Waals surface area contributed by atoms with Gasteiger partial charge in [-0.05, 0) is 23.8 Å². The fraction of sp³-hybridized carbons (Fsp3) is 0.200. The zero-order valence-electron chi connectivity index (χ0n) is 14.9. The van der Waals surface area contributed by atoms with Crippen LogP contribution in [0.25, 0.3) is 0 Å². The van der Waals surface area contributed by atoms with E-state index < -0.39 is 11.7 Å². The first-order chi connectivity index (χ1) is 13.3. The van der Waals surface area contributed by atoms with Crippen LogP contribution >= 0.6 is 11.3 Å². The predicted octanol–water partition coefficient (Wildman–Crippen LogP) is 5.01. The molecule has 0 saturated heterocycles. The van der Waals surface area contributed by atoms with Crippen molar-refractivity contribution < 1.29 is 22.7 Å². The summed E-state index contributed by atoms with van der Waals surface area (Å²) in [5.74, 6) is -0.135. The number of hydrogen-bond acceptors (Lipinski definition) is 4. The minimum Gasteiger partial charge on any atom is -0.486 e. The highest BCUT2D eigenvalue weighted by atomic mass is 32.1. The fourth-order valence-corrected chi connectivity index (χ4v) is 3.19. The molecule has 4 nitrogen and oxygen atoms in total. The molecule has 3 rings (SSSR count). The van der Waals surface area contributed by atoms with Crippen LogP contribution < -0.4 is 4.74 Å². The average Bonchev–Trinajstić information content (AvgIpc) is 3.15. The summed E-state index contributed by atoms with van der Waals surface area (Å²) in [4.78, 5) is 18.3. The van der Waals surface area contributed by atoms with Gasteiger partial charge in [0.05, 0.1) is 5.56 Å². The van der Waals surface area contributed by atoms with E-state index >= 15 is 0 Å². The van der Waals surface area contributed by atoms with E-state index in [0.717, 1.165) is 17.7 Å². The van der Waals surface area contributed by atoms with Crippen molar-refractivity contribution in [2.45, 2.75) is 19.3 Å². The quantitative estimate of drug-likeness (QED) is 0.578. The Morgan fingerprint density at radius 3 is 2.61 bits per heavy atom. The first-order valence-corrected chi connectivity index (χ1v) is 9.25. The molecule has 3 aromatic rings. The summed E-state index contributed by atoms with van der Waals surface area (Å²) < 4.78 is 43.6. The molecule has 1 aromatic heterocycles. The molecule has 0 radical (unpaired) electrons. The lowest BCUT2D eigenvalue weighted by Crippen LogP contribution is -2.26. The molecule has 0 bridgehead atoms. The third-order valence-electron chi connectivity index (χ3n) is 3.90. The van der Waals surface area contributed by atoms with Crippen LogP contribution in [0.2, 0.25) is 0 Å². The zero-order valence-corrected chi connectivity index (χ0v) is 15.8. The molecule has 0 aliphatic carbocycles. The number of thiazole rings is 1. The number of halogens is 3. The molecular weight excluding hydrogens is 389 g/mol. The lowest BCUT2D eigenvalue weighted by Gasteiger charge is -2.15. The molecule has 1 heterocycles. The third-order valence-corrected chi connectivity index (χ3v) is 4.73. The van der Waals surface area contributed by atoms with Crippen LogP contribution in [0.5, 0.6) is 5.75 Å². The summed E-state index contributed by atoms with van der Waals surface area (Å²) >= 11 is 1.22. The Morgan fingerprint density at radius 1 is 1.14 bits per heavy atom. The Bertz CT molecular complexity index is 942. The van der Waals surface area contributed by atoms with Gasteiger partial charge in [-0.1, -0.05) is 36.4 Å². The number of ether oxygens (including phenoxy) is 1. The van der Waals surface area contributed by atoms with Crippen LogP contribution in [0.3, 0.4) is 0 Å². The molecule has 0 atom stereocenters. The van der Waals surface area contributed by atoms with E-state index in [2.05, 4.69) is 4.98 Å². The normalized spacial score (nSPS) is 11.3. The van der Waals surface area contributed by atoms with Crippen LogP contribution in [0.15, 0.2) is 60.0 Å². The Kier molecular flexibility index (Phi) is 5.99. The second-order valence-corrected chi connectivity index (χ2v) is 7.03. The standard InChI is InChI=1S/C20H17F3N2O2S/c1-25(11-14-6-3-2-4-7-14)19(26)17-13-28-18(24-17)12-27-16-9-5-8-15(10-16)20(21,22)23/h2-10,13H,11-12H2,1H3. The molecule has 0 aliphatic heterocycles. The molecule has 0 aliphatic rings. The van der Waals surface area contributed by atoms with Gasteiger partial charge in [0.2, 0.25) is 0 Å². The highest BCUT2D eigenvalue weighted by molar-refractivity contribution is 7.09. The third kappa shape index (κ3) is 5.10. The SMILES string of the molecule is CN(Cc1ccccc1)C(=O)c1csc(COc2cccc(C(F)(F)F)c2)n1. The van der Waals surface area contributed by atoms with Crippen LogP contribution in [0.1, 0.15) is 26.6 Å². The monoisotopic (exact) mass is 406 g/mol. The van der Waals surface area contributed by atoms with Crippen LogP contribution in [-0.2, 0) is 19.3 Å². The van der Waals surface area contributed by atoms with E-state index in [-0.39, 0.29) is 24.0 Å². The van der Waals surface area contributed by atoms with E-state index in [0.29, 0.717) is 11.6 Å². The number of hydrogen-bond donors (Lipinski definition) is 0. The van der Waals surface area contributed by atoms with Gasteiger partial charge in [0.15, 0.2) is 0 Å². The van der Waals surface area contributed by atoms with E-state index in [1.54, 1.807) is 17.3 Å². The predicted molar refractivity (Wildman–Crippen MR) is 100 cm³/mol. The summed E-state index contributed by atoms with van der Waals surface area (Å²) in [7, 11) is 1.69. The van der Waals surface area contributed by atoms with Crippen molar-refractivity contribution in [3.63, 3.8) is 0 Å².